The second-order valence-electron chi connectivity index (χ2n) is 6.02. The predicted octanol–water partition coefficient (Wildman–Crippen LogP) is 5.78. The molecule has 0 radical (unpaired) electrons. The number of allylic oxidation sites excluding steroid dienone is 1. The maximum atomic E-state index is 13.2. The average Bonchev–Trinajstić information content (AvgIpc) is 2.66. The monoisotopic (exact) mass is 343 g/mol. The van der Waals surface area contributed by atoms with Gasteiger partial charge in [-0.05, 0) is 54.0 Å². The first-order valence-corrected chi connectivity index (χ1v) is 8.30. The molecule has 2 nitrogen and oxygen atoms in total. The quantitative estimate of drug-likeness (QED) is 0.435. The molecule has 0 fully saturated rings. The lowest BCUT2D eigenvalue weighted by atomic mass is 10.0. The Kier molecular flexibility index (Phi) is 5.46. The maximum Gasteiger partial charge on any atom is 0.123 e. The highest BCUT2D eigenvalue weighted by Crippen LogP contribution is 2.20. The summed E-state index contributed by atoms with van der Waals surface area (Å²) in [6.07, 6.45) is 1.85. The van der Waals surface area contributed by atoms with Crippen LogP contribution in [0.25, 0.3) is 11.6 Å². The van der Waals surface area contributed by atoms with E-state index in [1.807, 2.05) is 67.6 Å². The van der Waals surface area contributed by atoms with Gasteiger partial charge >= 0.3 is 0 Å². The normalized spacial score (nSPS) is 11.0. The van der Waals surface area contributed by atoms with Crippen LogP contribution in [-0.4, -0.2) is 0 Å². The molecule has 3 aromatic rings. The molecule has 26 heavy (non-hydrogen) atoms. The number of rotatable bonds is 5. The molecule has 0 atom stereocenters. The molecule has 0 amide bonds. The first-order chi connectivity index (χ1) is 12.6. The van der Waals surface area contributed by atoms with E-state index in [1.165, 1.54) is 12.1 Å². The maximum absolute atomic E-state index is 13.2. The summed E-state index contributed by atoms with van der Waals surface area (Å²) in [6.45, 7) is 2.32. The van der Waals surface area contributed by atoms with Crippen molar-refractivity contribution in [3.8, 4) is 11.8 Å². The third-order valence-corrected chi connectivity index (χ3v) is 3.97. The topological polar surface area (TPSA) is 33.0 Å². The van der Waals surface area contributed by atoms with Crippen LogP contribution in [0.15, 0.2) is 72.8 Å². The van der Waals surface area contributed by atoms with Gasteiger partial charge in [-0.3, -0.25) is 0 Å². The zero-order valence-electron chi connectivity index (χ0n) is 14.4. The fourth-order valence-corrected chi connectivity index (χ4v) is 2.53. The van der Waals surface area contributed by atoms with Gasteiger partial charge in [0.15, 0.2) is 0 Å². The van der Waals surface area contributed by atoms with Crippen molar-refractivity contribution in [3.05, 3.63) is 101 Å². The third-order valence-electron chi connectivity index (χ3n) is 3.97. The number of nitrogens with zero attached hydrogens (tertiary/aromatic N) is 1. The smallest absolute Gasteiger partial charge is 0.123 e. The second-order valence-corrected chi connectivity index (χ2v) is 6.02. The molecule has 0 N–H and O–H groups in total. The van der Waals surface area contributed by atoms with Crippen LogP contribution in [0.4, 0.5) is 4.39 Å². The Bertz CT molecular complexity index is 951. The molecular formula is C23H18FNO. The van der Waals surface area contributed by atoms with Crippen LogP contribution in [-0.2, 0) is 6.61 Å². The Balaban J connectivity index is 1.70. The van der Waals surface area contributed by atoms with Crippen molar-refractivity contribution < 1.29 is 9.13 Å². The molecule has 0 aliphatic heterocycles. The van der Waals surface area contributed by atoms with Crippen molar-refractivity contribution in [2.24, 2.45) is 0 Å². The van der Waals surface area contributed by atoms with Gasteiger partial charge in [-0.2, -0.15) is 5.26 Å². The lowest BCUT2D eigenvalue weighted by molar-refractivity contribution is 0.305. The van der Waals surface area contributed by atoms with Gasteiger partial charge in [-0.15, -0.1) is 0 Å². The largest absolute Gasteiger partial charge is 0.489 e. The number of hydrogen-bond donors (Lipinski definition) is 0. The molecule has 0 spiro atoms. The van der Waals surface area contributed by atoms with Gasteiger partial charge in [0, 0.05) is 0 Å². The Labute approximate surface area is 152 Å². The number of ether oxygens (including phenoxy) is 1. The summed E-state index contributed by atoms with van der Waals surface area (Å²) in [5.74, 6) is 0.423. The van der Waals surface area contributed by atoms with Gasteiger partial charge in [-0.25, -0.2) is 4.39 Å². The molecule has 3 heteroatoms. The van der Waals surface area contributed by atoms with E-state index in [0.29, 0.717) is 17.9 Å². The number of nitriles is 1. The fraction of sp³-hybridized carbons (Fsp3) is 0.0870. The minimum atomic E-state index is -0.272. The van der Waals surface area contributed by atoms with E-state index in [-0.39, 0.29) is 5.82 Å². The molecule has 0 unspecified atom stereocenters. The molecule has 3 aromatic carbocycles. The first-order valence-electron chi connectivity index (χ1n) is 8.30. The molecule has 0 saturated carbocycles. The molecule has 0 aliphatic carbocycles. The van der Waals surface area contributed by atoms with E-state index in [9.17, 15) is 9.65 Å². The second kappa shape index (κ2) is 8.13. The zero-order chi connectivity index (χ0) is 18.4. The summed E-state index contributed by atoms with van der Waals surface area (Å²) >= 11 is 0. The number of aryl methyl sites for hydroxylation is 1. The van der Waals surface area contributed by atoms with E-state index in [4.69, 9.17) is 4.74 Å². The van der Waals surface area contributed by atoms with Crippen molar-refractivity contribution in [2.75, 3.05) is 0 Å². The summed E-state index contributed by atoms with van der Waals surface area (Å²) in [5, 5.41) is 9.42. The Morgan fingerprint density at radius 2 is 1.77 bits per heavy atom. The van der Waals surface area contributed by atoms with Crippen LogP contribution in [0.2, 0.25) is 0 Å². The highest BCUT2D eigenvalue weighted by molar-refractivity contribution is 5.89. The van der Waals surface area contributed by atoms with Crippen molar-refractivity contribution in [2.45, 2.75) is 13.5 Å². The summed E-state index contributed by atoms with van der Waals surface area (Å²) in [5.41, 5.74) is 4.36. The van der Waals surface area contributed by atoms with Gasteiger partial charge < -0.3 is 4.74 Å². The molecule has 0 heterocycles. The molecular weight excluding hydrogens is 325 g/mol. The molecule has 0 bridgehead atoms. The lowest BCUT2D eigenvalue weighted by Crippen LogP contribution is -1.95. The van der Waals surface area contributed by atoms with Gasteiger partial charge in [0.05, 0.1) is 11.6 Å². The van der Waals surface area contributed by atoms with Crippen LogP contribution in [0, 0.1) is 24.1 Å². The van der Waals surface area contributed by atoms with Crippen LogP contribution in [0.1, 0.15) is 22.3 Å². The van der Waals surface area contributed by atoms with Crippen LogP contribution < -0.4 is 4.74 Å². The van der Waals surface area contributed by atoms with Gasteiger partial charge in [0.2, 0.25) is 0 Å². The predicted molar refractivity (Wildman–Crippen MR) is 102 cm³/mol. The number of hydrogen-bond acceptors (Lipinski definition) is 2. The summed E-state index contributed by atoms with van der Waals surface area (Å²) in [7, 11) is 0. The lowest BCUT2D eigenvalue weighted by Gasteiger charge is -2.07. The molecule has 0 aromatic heterocycles. The highest BCUT2D eigenvalue weighted by Gasteiger charge is 2.02. The Morgan fingerprint density at radius 3 is 2.42 bits per heavy atom. The van der Waals surface area contributed by atoms with Crippen LogP contribution >= 0.6 is 0 Å². The molecule has 0 saturated heterocycles. The van der Waals surface area contributed by atoms with E-state index >= 15 is 0 Å². The standard InChI is InChI=1S/C23H18FNO/c1-17-5-9-20(10-6-17)21(15-25)13-18-7-11-23(12-8-18)26-16-19-3-2-4-22(24)14-19/h2-14H,16H2,1H3/b21-13+. The zero-order valence-corrected chi connectivity index (χ0v) is 14.4. The highest BCUT2D eigenvalue weighted by atomic mass is 19.1. The van der Waals surface area contributed by atoms with E-state index < -0.39 is 0 Å². The average molecular weight is 343 g/mol. The summed E-state index contributed by atoms with van der Waals surface area (Å²) in [6, 6.07) is 23.9. The number of halogens is 1. The molecule has 0 aliphatic rings. The third kappa shape index (κ3) is 4.58. The van der Waals surface area contributed by atoms with Crippen LogP contribution in [0.3, 0.4) is 0 Å². The summed E-state index contributed by atoms with van der Waals surface area (Å²) < 4.78 is 18.9. The van der Waals surface area contributed by atoms with Crippen LogP contribution in [0.5, 0.6) is 5.75 Å². The fourth-order valence-electron chi connectivity index (χ4n) is 2.53. The van der Waals surface area contributed by atoms with Gasteiger partial charge in [0.1, 0.15) is 18.2 Å². The first kappa shape index (κ1) is 17.4. The number of benzene rings is 3. The van der Waals surface area contributed by atoms with Gasteiger partial charge in [-0.1, -0.05) is 54.1 Å². The Hall–Kier alpha value is -3.38. The van der Waals surface area contributed by atoms with E-state index in [1.54, 1.807) is 6.07 Å². The summed E-state index contributed by atoms with van der Waals surface area (Å²) in [4.78, 5) is 0. The van der Waals surface area contributed by atoms with Crippen molar-refractivity contribution >= 4 is 11.6 Å². The van der Waals surface area contributed by atoms with Crippen molar-refractivity contribution in [1.82, 2.24) is 0 Å². The van der Waals surface area contributed by atoms with E-state index in [0.717, 1.165) is 22.3 Å². The minimum absolute atomic E-state index is 0.272. The van der Waals surface area contributed by atoms with E-state index in [2.05, 4.69) is 6.07 Å². The van der Waals surface area contributed by atoms with Gasteiger partial charge in [0.25, 0.3) is 0 Å². The minimum Gasteiger partial charge on any atom is -0.489 e. The Morgan fingerprint density at radius 1 is 1.04 bits per heavy atom. The molecule has 3 rings (SSSR count). The van der Waals surface area contributed by atoms with Crippen molar-refractivity contribution in [1.29, 1.82) is 5.26 Å². The van der Waals surface area contributed by atoms with Crippen molar-refractivity contribution in [3.63, 3.8) is 0 Å². The SMILES string of the molecule is Cc1ccc(/C(C#N)=C/c2ccc(OCc3cccc(F)c3)cc2)cc1. The molecule has 128 valence electrons.